The van der Waals surface area contributed by atoms with E-state index in [1.165, 1.54) is 11.2 Å². The molecule has 0 fully saturated rings. The molecule has 0 saturated heterocycles. The maximum absolute atomic E-state index is 13.9. The first-order chi connectivity index (χ1) is 11.6. The molecule has 0 bridgehead atoms. The second kappa shape index (κ2) is 7.04. The zero-order valence-corrected chi connectivity index (χ0v) is 12.7. The Morgan fingerprint density at radius 1 is 1.12 bits per heavy atom. The number of pyridine rings is 1. The number of nitrogens with zero attached hydrogens (tertiary/aromatic N) is 2. The van der Waals surface area contributed by atoms with Crippen molar-refractivity contribution in [3.05, 3.63) is 89.6 Å². The van der Waals surface area contributed by atoms with E-state index in [1.807, 2.05) is 0 Å². The minimum absolute atomic E-state index is 0.136. The number of rotatable bonds is 5. The summed E-state index contributed by atoms with van der Waals surface area (Å²) in [6.07, 6.45) is 4.73. The molecular formula is C18H14F2N2O2. The van der Waals surface area contributed by atoms with E-state index in [4.69, 9.17) is 4.42 Å². The highest BCUT2D eigenvalue weighted by atomic mass is 19.1. The summed E-state index contributed by atoms with van der Waals surface area (Å²) in [5.41, 5.74) is 0.458. The smallest absolute Gasteiger partial charge is 0.257 e. The lowest BCUT2D eigenvalue weighted by molar-refractivity contribution is 0.0712. The third-order valence-electron chi connectivity index (χ3n) is 3.47. The molecule has 0 N–H and O–H groups in total. The molecule has 4 nitrogen and oxygen atoms in total. The van der Waals surface area contributed by atoms with Crippen molar-refractivity contribution in [2.75, 3.05) is 0 Å². The Morgan fingerprint density at radius 2 is 2.00 bits per heavy atom. The Morgan fingerprint density at radius 3 is 2.71 bits per heavy atom. The largest absolute Gasteiger partial charge is 0.467 e. The first-order valence-corrected chi connectivity index (χ1v) is 7.29. The van der Waals surface area contributed by atoms with Crippen LogP contribution in [0.5, 0.6) is 0 Å². The van der Waals surface area contributed by atoms with E-state index in [0.29, 0.717) is 5.76 Å². The summed E-state index contributed by atoms with van der Waals surface area (Å²) in [6.45, 7) is 0.333. The second-order valence-electron chi connectivity index (χ2n) is 5.23. The van der Waals surface area contributed by atoms with Crippen LogP contribution >= 0.6 is 0 Å². The summed E-state index contributed by atoms with van der Waals surface area (Å²) in [5.74, 6) is -1.51. The predicted molar refractivity (Wildman–Crippen MR) is 82.9 cm³/mol. The number of furan rings is 1. The van der Waals surface area contributed by atoms with Crippen LogP contribution in [0, 0.1) is 11.6 Å². The Labute approximate surface area is 137 Å². The molecule has 3 aromatic rings. The molecule has 2 aromatic heterocycles. The van der Waals surface area contributed by atoms with Crippen molar-refractivity contribution in [3.8, 4) is 0 Å². The van der Waals surface area contributed by atoms with Gasteiger partial charge in [0.25, 0.3) is 5.91 Å². The summed E-state index contributed by atoms with van der Waals surface area (Å²) in [6, 6.07) is 9.78. The second-order valence-corrected chi connectivity index (χ2v) is 5.23. The van der Waals surface area contributed by atoms with Crippen molar-refractivity contribution in [1.29, 1.82) is 0 Å². The minimum Gasteiger partial charge on any atom is -0.467 e. The minimum atomic E-state index is -0.767. The molecule has 0 spiro atoms. The van der Waals surface area contributed by atoms with Gasteiger partial charge in [0.15, 0.2) is 0 Å². The van der Waals surface area contributed by atoms with Gasteiger partial charge in [0.1, 0.15) is 17.4 Å². The van der Waals surface area contributed by atoms with Crippen LogP contribution in [0.4, 0.5) is 8.78 Å². The summed E-state index contributed by atoms with van der Waals surface area (Å²) in [5, 5.41) is 0. The van der Waals surface area contributed by atoms with Crippen LogP contribution < -0.4 is 0 Å². The number of hydrogen-bond acceptors (Lipinski definition) is 3. The van der Waals surface area contributed by atoms with Gasteiger partial charge in [-0.2, -0.15) is 0 Å². The average Bonchev–Trinajstić information content (AvgIpc) is 3.10. The van der Waals surface area contributed by atoms with Crippen molar-refractivity contribution in [2.24, 2.45) is 0 Å². The zero-order chi connectivity index (χ0) is 16.9. The van der Waals surface area contributed by atoms with Crippen LogP contribution in [0.1, 0.15) is 21.7 Å². The highest BCUT2D eigenvalue weighted by Gasteiger charge is 2.21. The maximum Gasteiger partial charge on any atom is 0.257 e. The van der Waals surface area contributed by atoms with Crippen LogP contribution in [0.25, 0.3) is 0 Å². The highest BCUT2D eigenvalue weighted by Crippen LogP contribution is 2.17. The lowest BCUT2D eigenvalue weighted by Gasteiger charge is -2.22. The summed E-state index contributed by atoms with van der Waals surface area (Å²) in [7, 11) is 0. The van der Waals surface area contributed by atoms with Gasteiger partial charge in [0.05, 0.1) is 18.4 Å². The molecule has 0 aliphatic rings. The number of amides is 1. The molecule has 2 heterocycles. The fraction of sp³-hybridized carbons (Fsp3) is 0.111. The summed E-state index contributed by atoms with van der Waals surface area (Å²) >= 11 is 0. The Balaban J connectivity index is 1.90. The van der Waals surface area contributed by atoms with E-state index in [1.54, 1.807) is 36.7 Å². The normalized spacial score (nSPS) is 10.6. The summed E-state index contributed by atoms with van der Waals surface area (Å²) in [4.78, 5) is 18.1. The first-order valence-electron chi connectivity index (χ1n) is 7.29. The van der Waals surface area contributed by atoms with Crippen molar-refractivity contribution < 1.29 is 18.0 Å². The molecule has 0 aliphatic carbocycles. The van der Waals surface area contributed by atoms with Gasteiger partial charge in [-0.15, -0.1) is 0 Å². The van der Waals surface area contributed by atoms with Gasteiger partial charge in [-0.05, 0) is 42.0 Å². The Hall–Kier alpha value is -3.02. The third kappa shape index (κ3) is 3.65. The standard InChI is InChI=1S/C18H14F2N2O2/c19-14-5-6-17(20)16(9-14)18(23)22(12-15-4-2-8-24-15)11-13-3-1-7-21-10-13/h1-10H,11-12H2. The molecule has 1 amide bonds. The number of aromatic nitrogens is 1. The molecule has 1 aromatic carbocycles. The van der Waals surface area contributed by atoms with Crippen molar-refractivity contribution in [3.63, 3.8) is 0 Å². The SMILES string of the molecule is O=C(c1cc(F)ccc1F)N(Cc1cccnc1)Cc1ccco1. The van der Waals surface area contributed by atoms with Crippen LogP contribution in [0.2, 0.25) is 0 Å². The molecule has 122 valence electrons. The van der Waals surface area contributed by atoms with Gasteiger partial charge in [0.2, 0.25) is 0 Å². The zero-order valence-electron chi connectivity index (χ0n) is 12.7. The van der Waals surface area contributed by atoms with Crippen LogP contribution in [0.3, 0.4) is 0 Å². The predicted octanol–water partition coefficient (Wildman–Crippen LogP) is 3.80. The lowest BCUT2D eigenvalue weighted by atomic mass is 10.1. The van der Waals surface area contributed by atoms with Crippen LogP contribution in [0.15, 0.2) is 65.5 Å². The first kappa shape index (κ1) is 15.9. The van der Waals surface area contributed by atoms with E-state index in [9.17, 15) is 13.6 Å². The van der Waals surface area contributed by atoms with Crippen LogP contribution in [-0.2, 0) is 13.1 Å². The van der Waals surface area contributed by atoms with Crippen molar-refractivity contribution >= 4 is 5.91 Å². The molecule has 0 saturated carbocycles. The van der Waals surface area contributed by atoms with E-state index in [2.05, 4.69) is 4.98 Å². The fourth-order valence-corrected chi connectivity index (χ4v) is 2.33. The molecule has 0 aliphatic heterocycles. The molecule has 0 unspecified atom stereocenters. The third-order valence-corrected chi connectivity index (χ3v) is 3.47. The maximum atomic E-state index is 13.9. The average molecular weight is 328 g/mol. The quantitative estimate of drug-likeness (QED) is 0.716. The Kier molecular flexibility index (Phi) is 4.65. The molecule has 3 rings (SSSR count). The van der Waals surface area contributed by atoms with Gasteiger partial charge >= 0.3 is 0 Å². The fourth-order valence-electron chi connectivity index (χ4n) is 2.33. The van der Waals surface area contributed by atoms with E-state index >= 15 is 0 Å². The molecule has 0 atom stereocenters. The molecule has 24 heavy (non-hydrogen) atoms. The Bertz CT molecular complexity index is 820. The summed E-state index contributed by atoms with van der Waals surface area (Å²) < 4.78 is 32.6. The van der Waals surface area contributed by atoms with Gasteiger partial charge < -0.3 is 9.32 Å². The number of hydrogen-bond donors (Lipinski definition) is 0. The molecule has 0 radical (unpaired) electrons. The van der Waals surface area contributed by atoms with E-state index in [0.717, 1.165) is 23.8 Å². The van der Waals surface area contributed by atoms with Crippen molar-refractivity contribution in [1.82, 2.24) is 9.88 Å². The number of carbonyl (C=O) groups excluding carboxylic acids is 1. The topological polar surface area (TPSA) is 46.3 Å². The number of carbonyl (C=O) groups is 1. The van der Waals surface area contributed by atoms with Gasteiger partial charge in [-0.25, -0.2) is 8.78 Å². The van der Waals surface area contributed by atoms with Gasteiger partial charge in [-0.1, -0.05) is 6.07 Å². The lowest BCUT2D eigenvalue weighted by Crippen LogP contribution is -2.30. The van der Waals surface area contributed by atoms with E-state index < -0.39 is 17.5 Å². The monoisotopic (exact) mass is 328 g/mol. The molecular weight excluding hydrogens is 314 g/mol. The van der Waals surface area contributed by atoms with Crippen molar-refractivity contribution in [2.45, 2.75) is 13.1 Å². The van der Waals surface area contributed by atoms with Gasteiger partial charge in [0, 0.05) is 18.9 Å². The highest BCUT2D eigenvalue weighted by molar-refractivity contribution is 5.94. The van der Waals surface area contributed by atoms with E-state index in [-0.39, 0.29) is 18.7 Å². The number of benzene rings is 1. The number of halogens is 2. The molecule has 6 heteroatoms. The van der Waals surface area contributed by atoms with Gasteiger partial charge in [-0.3, -0.25) is 9.78 Å². The van der Waals surface area contributed by atoms with Crippen LogP contribution in [-0.4, -0.2) is 15.8 Å².